The molecule has 0 aliphatic heterocycles. The lowest BCUT2D eigenvalue weighted by molar-refractivity contribution is -0.149. The Balaban J connectivity index is 1.88. The van der Waals surface area contributed by atoms with Gasteiger partial charge in [0.2, 0.25) is 11.7 Å². The van der Waals surface area contributed by atoms with E-state index < -0.39 is 12.0 Å². The third-order valence-corrected chi connectivity index (χ3v) is 5.21. The first-order valence-electron chi connectivity index (χ1n) is 10.5. The van der Waals surface area contributed by atoms with Crippen LogP contribution in [0.3, 0.4) is 0 Å². The minimum atomic E-state index is -1.08. The standard InChI is InChI=1S/C24H27N5O3/c1-4-5-10-21(30)29(22(16(2)3)24(31)32)15-17-11-13-18(14-12-17)19-8-6-7-9-20(19)23-25-27-28-26-23/h6-9,11-14,22H,2,4-5,10,15H2,1,3H3,(H,31,32)(H,25,26,27,28)/t22-/m0/s1. The van der Waals surface area contributed by atoms with Crippen molar-refractivity contribution in [2.75, 3.05) is 0 Å². The molecule has 1 atom stereocenters. The summed E-state index contributed by atoms with van der Waals surface area (Å²) in [5, 5.41) is 23.9. The van der Waals surface area contributed by atoms with E-state index in [-0.39, 0.29) is 12.5 Å². The number of hydrogen-bond donors (Lipinski definition) is 2. The molecular formula is C24H27N5O3. The van der Waals surface area contributed by atoms with Crippen molar-refractivity contribution >= 4 is 11.9 Å². The molecule has 0 aliphatic rings. The number of carbonyl (C=O) groups excluding carboxylic acids is 1. The van der Waals surface area contributed by atoms with Crippen LogP contribution in [0, 0.1) is 0 Å². The van der Waals surface area contributed by atoms with Gasteiger partial charge in [0.25, 0.3) is 0 Å². The number of carbonyl (C=O) groups is 2. The molecule has 1 amide bonds. The first-order valence-corrected chi connectivity index (χ1v) is 10.5. The van der Waals surface area contributed by atoms with Gasteiger partial charge in [-0.25, -0.2) is 4.79 Å². The second-order valence-electron chi connectivity index (χ2n) is 7.69. The number of amides is 1. The normalized spacial score (nSPS) is 11.7. The molecule has 1 aromatic heterocycles. The van der Waals surface area contributed by atoms with Crippen molar-refractivity contribution < 1.29 is 14.7 Å². The highest BCUT2D eigenvalue weighted by Crippen LogP contribution is 2.30. The van der Waals surface area contributed by atoms with Crippen LogP contribution in [-0.4, -0.2) is 48.5 Å². The molecule has 0 bridgehead atoms. The molecule has 0 spiro atoms. The minimum absolute atomic E-state index is 0.186. The highest BCUT2D eigenvalue weighted by atomic mass is 16.4. The lowest BCUT2D eigenvalue weighted by atomic mass is 9.98. The second-order valence-corrected chi connectivity index (χ2v) is 7.69. The minimum Gasteiger partial charge on any atom is -0.479 e. The third kappa shape index (κ3) is 5.26. The SMILES string of the molecule is C=C(C)[C@@H](C(=O)O)N(Cc1ccc(-c2ccccc2-c2nn[nH]n2)cc1)C(=O)CCCC. The molecule has 0 fully saturated rings. The van der Waals surface area contributed by atoms with Gasteiger partial charge in [0.1, 0.15) is 0 Å². The topological polar surface area (TPSA) is 112 Å². The van der Waals surface area contributed by atoms with E-state index in [1.807, 2.05) is 55.5 Å². The number of aromatic nitrogens is 4. The Morgan fingerprint density at radius 2 is 1.81 bits per heavy atom. The van der Waals surface area contributed by atoms with Crippen molar-refractivity contribution in [3.05, 3.63) is 66.2 Å². The average molecular weight is 434 g/mol. The Morgan fingerprint density at radius 1 is 1.12 bits per heavy atom. The molecule has 3 aromatic rings. The third-order valence-electron chi connectivity index (χ3n) is 5.21. The number of aliphatic carboxylic acids is 1. The second kappa shape index (κ2) is 10.5. The Labute approximate surface area is 187 Å². The lowest BCUT2D eigenvalue weighted by Gasteiger charge is -2.29. The van der Waals surface area contributed by atoms with Crippen LogP contribution < -0.4 is 0 Å². The lowest BCUT2D eigenvalue weighted by Crippen LogP contribution is -2.45. The molecule has 0 unspecified atom stereocenters. The maximum Gasteiger partial charge on any atom is 0.330 e. The van der Waals surface area contributed by atoms with E-state index in [9.17, 15) is 14.7 Å². The van der Waals surface area contributed by atoms with Crippen LogP contribution in [0.5, 0.6) is 0 Å². The van der Waals surface area contributed by atoms with E-state index in [0.29, 0.717) is 24.2 Å². The van der Waals surface area contributed by atoms with Crippen LogP contribution in [0.1, 0.15) is 38.7 Å². The van der Waals surface area contributed by atoms with Crippen molar-refractivity contribution in [2.24, 2.45) is 0 Å². The van der Waals surface area contributed by atoms with Gasteiger partial charge < -0.3 is 10.0 Å². The molecule has 0 saturated heterocycles. The fourth-order valence-corrected chi connectivity index (χ4v) is 3.60. The van der Waals surface area contributed by atoms with Crippen LogP contribution >= 0.6 is 0 Å². The summed E-state index contributed by atoms with van der Waals surface area (Å²) in [5.41, 5.74) is 4.00. The van der Waals surface area contributed by atoms with Crippen molar-refractivity contribution in [1.82, 2.24) is 25.5 Å². The number of benzene rings is 2. The molecule has 2 N–H and O–H groups in total. The van der Waals surface area contributed by atoms with Crippen LogP contribution in [0.2, 0.25) is 0 Å². The van der Waals surface area contributed by atoms with Crippen LogP contribution in [0.4, 0.5) is 0 Å². The van der Waals surface area contributed by atoms with Gasteiger partial charge in [0.15, 0.2) is 6.04 Å². The molecule has 2 aromatic carbocycles. The van der Waals surface area contributed by atoms with Gasteiger partial charge in [-0.2, -0.15) is 5.21 Å². The number of aromatic amines is 1. The monoisotopic (exact) mass is 433 g/mol. The van der Waals surface area contributed by atoms with Gasteiger partial charge in [-0.3, -0.25) is 4.79 Å². The number of carboxylic acids is 1. The van der Waals surface area contributed by atoms with Gasteiger partial charge in [-0.15, -0.1) is 10.2 Å². The Bertz CT molecular complexity index is 1060. The summed E-state index contributed by atoms with van der Waals surface area (Å²) in [6.07, 6.45) is 1.88. The largest absolute Gasteiger partial charge is 0.479 e. The van der Waals surface area contributed by atoms with E-state index in [1.54, 1.807) is 6.92 Å². The number of unbranched alkanes of at least 4 members (excludes halogenated alkanes) is 1. The zero-order valence-electron chi connectivity index (χ0n) is 18.3. The molecule has 8 nitrogen and oxygen atoms in total. The van der Waals surface area contributed by atoms with E-state index >= 15 is 0 Å². The molecule has 0 aliphatic carbocycles. The Hall–Kier alpha value is -3.81. The van der Waals surface area contributed by atoms with E-state index in [4.69, 9.17) is 0 Å². The average Bonchev–Trinajstić information content (AvgIpc) is 3.32. The molecular weight excluding hydrogens is 406 g/mol. The Morgan fingerprint density at radius 3 is 2.38 bits per heavy atom. The fraction of sp³-hybridized carbons (Fsp3) is 0.292. The maximum absolute atomic E-state index is 12.8. The zero-order valence-corrected chi connectivity index (χ0v) is 18.3. The predicted molar refractivity (Wildman–Crippen MR) is 121 cm³/mol. The summed E-state index contributed by atoms with van der Waals surface area (Å²) in [6, 6.07) is 14.4. The summed E-state index contributed by atoms with van der Waals surface area (Å²) in [6.45, 7) is 7.62. The van der Waals surface area contributed by atoms with Crippen molar-refractivity contribution in [2.45, 2.75) is 45.7 Å². The highest BCUT2D eigenvalue weighted by molar-refractivity contribution is 5.86. The van der Waals surface area contributed by atoms with Crippen LogP contribution in [0.25, 0.3) is 22.5 Å². The number of carboxylic acid groups (broad SMARTS) is 1. The van der Waals surface area contributed by atoms with Gasteiger partial charge in [-0.05, 0) is 40.8 Å². The molecule has 32 heavy (non-hydrogen) atoms. The summed E-state index contributed by atoms with van der Waals surface area (Å²) >= 11 is 0. The summed E-state index contributed by atoms with van der Waals surface area (Å²) in [5.74, 6) is -0.759. The summed E-state index contributed by atoms with van der Waals surface area (Å²) in [4.78, 5) is 26.1. The number of nitrogens with zero attached hydrogens (tertiary/aromatic N) is 4. The number of H-pyrrole nitrogens is 1. The predicted octanol–water partition coefficient (Wildman–Crippen LogP) is 4.08. The first-order chi connectivity index (χ1) is 15.4. The Kier molecular flexibility index (Phi) is 7.49. The van der Waals surface area contributed by atoms with Gasteiger partial charge in [0, 0.05) is 18.5 Å². The first kappa shape index (κ1) is 22.9. The molecule has 166 valence electrons. The number of tetrazole rings is 1. The summed E-state index contributed by atoms with van der Waals surface area (Å²) < 4.78 is 0. The molecule has 1 heterocycles. The fourth-order valence-electron chi connectivity index (χ4n) is 3.60. The van der Waals surface area contributed by atoms with Crippen LogP contribution in [0.15, 0.2) is 60.7 Å². The highest BCUT2D eigenvalue weighted by Gasteiger charge is 2.30. The molecule has 0 radical (unpaired) electrons. The van der Waals surface area contributed by atoms with Crippen molar-refractivity contribution in [3.63, 3.8) is 0 Å². The molecule has 3 rings (SSSR count). The smallest absolute Gasteiger partial charge is 0.330 e. The van der Waals surface area contributed by atoms with E-state index in [1.165, 1.54) is 4.90 Å². The molecule has 8 heteroatoms. The van der Waals surface area contributed by atoms with E-state index in [2.05, 4.69) is 27.2 Å². The van der Waals surface area contributed by atoms with E-state index in [0.717, 1.165) is 28.7 Å². The van der Waals surface area contributed by atoms with Crippen molar-refractivity contribution in [1.29, 1.82) is 0 Å². The van der Waals surface area contributed by atoms with Gasteiger partial charge >= 0.3 is 5.97 Å². The van der Waals surface area contributed by atoms with Crippen LogP contribution in [-0.2, 0) is 16.1 Å². The van der Waals surface area contributed by atoms with Gasteiger partial charge in [0.05, 0.1) is 0 Å². The molecule has 0 saturated carbocycles. The zero-order chi connectivity index (χ0) is 23.1. The number of nitrogens with one attached hydrogen (secondary N) is 1. The number of rotatable bonds is 10. The summed E-state index contributed by atoms with van der Waals surface area (Å²) in [7, 11) is 0. The van der Waals surface area contributed by atoms with Gasteiger partial charge in [-0.1, -0.05) is 68.5 Å². The van der Waals surface area contributed by atoms with Crippen molar-refractivity contribution in [3.8, 4) is 22.5 Å². The maximum atomic E-state index is 12.8. The quantitative estimate of drug-likeness (QED) is 0.466. The number of hydrogen-bond acceptors (Lipinski definition) is 5.